The summed E-state index contributed by atoms with van der Waals surface area (Å²) in [5.41, 5.74) is 4.64. The summed E-state index contributed by atoms with van der Waals surface area (Å²) in [7, 11) is 0. The molecule has 0 radical (unpaired) electrons. The molecule has 0 aliphatic heterocycles. The van der Waals surface area contributed by atoms with E-state index in [4.69, 9.17) is 16.3 Å². The maximum atomic E-state index is 11.6. The number of carbonyl (C=O) groups is 2. The van der Waals surface area contributed by atoms with E-state index in [1.807, 2.05) is 30.3 Å². The molecule has 120 valence electrons. The molecule has 0 aromatic heterocycles. The van der Waals surface area contributed by atoms with E-state index in [9.17, 15) is 9.59 Å². The number of rotatable bonds is 6. The minimum Gasteiger partial charge on any atom is -0.484 e. The Kier molecular flexibility index (Phi) is 6.77. The van der Waals surface area contributed by atoms with Crippen molar-refractivity contribution < 1.29 is 14.3 Å². The number of para-hydroxylation sites is 1. The second kappa shape index (κ2) is 9.07. The van der Waals surface area contributed by atoms with E-state index in [1.54, 1.807) is 24.3 Å². The van der Waals surface area contributed by atoms with Crippen molar-refractivity contribution >= 4 is 35.2 Å². The van der Waals surface area contributed by atoms with Gasteiger partial charge in [-0.25, -0.2) is 0 Å². The van der Waals surface area contributed by atoms with Gasteiger partial charge in [-0.1, -0.05) is 29.8 Å². The van der Waals surface area contributed by atoms with E-state index in [0.717, 1.165) is 4.90 Å². The average molecular weight is 351 g/mol. The highest BCUT2D eigenvalue weighted by atomic mass is 35.5. The largest absolute Gasteiger partial charge is 0.484 e. The van der Waals surface area contributed by atoms with E-state index in [-0.39, 0.29) is 18.3 Å². The predicted octanol–water partition coefficient (Wildman–Crippen LogP) is 2.66. The van der Waals surface area contributed by atoms with Gasteiger partial charge in [-0.05, 0) is 36.4 Å². The number of hydrogen-bond acceptors (Lipinski definition) is 4. The summed E-state index contributed by atoms with van der Waals surface area (Å²) in [6, 6.07) is 16.1. The van der Waals surface area contributed by atoms with Crippen molar-refractivity contribution in [2.24, 2.45) is 0 Å². The van der Waals surface area contributed by atoms with Gasteiger partial charge in [0.05, 0.1) is 5.75 Å². The normalized spacial score (nSPS) is 9.96. The topological polar surface area (TPSA) is 67.4 Å². The lowest BCUT2D eigenvalue weighted by molar-refractivity contribution is -0.128. The second-order valence-electron chi connectivity index (χ2n) is 4.44. The van der Waals surface area contributed by atoms with Crippen molar-refractivity contribution in [3.63, 3.8) is 0 Å². The molecule has 7 heteroatoms. The SMILES string of the molecule is O=C(COc1ccccc1)NNC(=O)CSc1ccc(Cl)cc1. The van der Waals surface area contributed by atoms with Gasteiger partial charge in [0.15, 0.2) is 6.61 Å². The highest BCUT2D eigenvalue weighted by Gasteiger charge is 2.06. The first-order valence-electron chi connectivity index (χ1n) is 6.77. The van der Waals surface area contributed by atoms with Gasteiger partial charge in [0.1, 0.15) is 5.75 Å². The minimum atomic E-state index is -0.432. The number of amides is 2. The first-order valence-corrected chi connectivity index (χ1v) is 8.14. The van der Waals surface area contributed by atoms with Gasteiger partial charge in [0.25, 0.3) is 5.91 Å². The molecule has 0 fully saturated rings. The number of benzene rings is 2. The maximum absolute atomic E-state index is 11.6. The molecule has 0 aliphatic rings. The Morgan fingerprint density at radius 2 is 1.61 bits per heavy atom. The highest BCUT2D eigenvalue weighted by Crippen LogP contribution is 2.19. The van der Waals surface area contributed by atoms with E-state index < -0.39 is 5.91 Å². The Bertz CT molecular complexity index is 650. The molecule has 0 atom stereocenters. The Morgan fingerprint density at radius 3 is 2.30 bits per heavy atom. The van der Waals surface area contributed by atoms with Crippen LogP contribution in [-0.4, -0.2) is 24.2 Å². The predicted molar refractivity (Wildman–Crippen MR) is 90.4 cm³/mol. The van der Waals surface area contributed by atoms with Crippen LogP contribution in [0.2, 0.25) is 5.02 Å². The van der Waals surface area contributed by atoms with Gasteiger partial charge in [-0.3, -0.25) is 20.4 Å². The first kappa shape index (κ1) is 17.2. The number of nitrogens with one attached hydrogen (secondary N) is 2. The van der Waals surface area contributed by atoms with E-state index in [1.165, 1.54) is 11.8 Å². The molecule has 0 aliphatic carbocycles. The van der Waals surface area contributed by atoms with Crippen molar-refractivity contribution in [2.75, 3.05) is 12.4 Å². The van der Waals surface area contributed by atoms with Gasteiger partial charge < -0.3 is 4.74 Å². The molecule has 2 rings (SSSR count). The van der Waals surface area contributed by atoms with Crippen molar-refractivity contribution in [2.45, 2.75) is 4.90 Å². The van der Waals surface area contributed by atoms with Crippen LogP contribution in [0, 0.1) is 0 Å². The third-order valence-electron chi connectivity index (χ3n) is 2.64. The quantitative estimate of drug-likeness (QED) is 0.621. The van der Waals surface area contributed by atoms with Crippen LogP contribution in [0.3, 0.4) is 0 Å². The molecule has 0 saturated carbocycles. The maximum Gasteiger partial charge on any atom is 0.276 e. The molecule has 0 heterocycles. The van der Waals surface area contributed by atoms with Crippen LogP contribution in [0.1, 0.15) is 0 Å². The van der Waals surface area contributed by atoms with E-state index in [0.29, 0.717) is 10.8 Å². The fourth-order valence-electron chi connectivity index (χ4n) is 1.56. The highest BCUT2D eigenvalue weighted by molar-refractivity contribution is 8.00. The number of ether oxygens (including phenoxy) is 1. The molecule has 0 bridgehead atoms. The van der Waals surface area contributed by atoms with Crippen molar-refractivity contribution in [1.29, 1.82) is 0 Å². The number of hydrazine groups is 1. The molecule has 2 aromatic carbocycles. The zero-order chi connectivity index (χ0) is 16.5. The lowest BCUT2D eigenvalue weighted by Gasteiger charge is -2.08. The van der Waals surface area contributed by atoms with Crippen LogP contribution in [0.25, 0.3) is 0 Å². The summed E-state index contributed by atoms with van der Waals surface area (Å²) in [6.07, 6.45) is 0. The second-order valence-corrected chi connectivity index (χ2v) is 5.93. The summed E-state index contributed by atoms with van der Waals surface area (Å²) in [5, 5.41) is 0.643. The van der Waals surface area contributed by atoms with Crippen molar-refractivity contribution in [3.8, 4) is 5.75 Å². The number of hydrogen-bond donors (Lipinski definition) is 2. The number of thioether (sulfide) groups is 1. The molecule has 2 amide bonds. The molecular weight excluding hydrogens is 336 g/mol. The third-order valence-corrected chi connectivity index (χ3v) is 3.90. The average Bonchev–Trinajstić information content (AvgIpc) is 2.58. The van der Waals surface area contributed by atoms with Gasteiger partial charge >= 0.3 is 0 Å². The Morgan fingerprint density at radius 1 is 0.957 bits per heavy atom. The van der Waals surface area contributed by atoms with Gasteiger partial charge in [0, 0.05) is 9.92 Å². The molecular formula is C16H15ClN2O3S. The van der Waals surface area contributed by atoms with Crippen LogP contribution in [0.5, 0.6) is 5.75 Å². The van der Waals surface area contributed by atoms with Crippen molar-refractivity contribution in [3.05, 3.63) is 59.6 Å². The van der Waals surface area contributed by atoms with Crippen LogP contribution >= 0.6 is 23.4 Å². The van der Waals surface area contributed by atoms with Gasteiger partial charge in [0.2, 0.25) is 5.91 Å². The van der Waals surface area contributed by atoms with Crippen LogP contribution in [-0.2, 0) is 9.59 Å². The Labute approximate surface area is 143 Å². The lowest BCUT2D eigenvalue weighted by Crippen LogP contribution is -2.44. The summed E-state index contributed by atoms with van der Waals surface area (Å²) in [5.74, 6) is 0.0329. The lowest BCUT2D eigenvalue weighted by atomic mass is 10.3. The summed E-state index contributed by atoms with van der Waals surface area (Å²) in [6.45, 7) is -0.172. The fourth-order valence-corrected chi connectivity index (χ4v) is 2.38. The monoisotopic (exact) mass is 350 g/mol. The molecule has 0 saturated heterocycles. The summed E-state index contributed by atoms with van der Waals surface area (Å²) in [4.78, 5) is 24.1. The van der Waals surface area contributed by atoms with Crippen LogP contribution < -0.4 is 15.6 Å². The Balaban J connectivity index is 1.63. The van der Waals surface area contributed by atoms with Gasteiger partial charge in [-0.15, -0.1) is 11.8 Å². The molecule has 0 spiro atoms. The minimum absolute atomic E-state index is 0.172. The third kappa shape index (κ3) is 6.63. The number of carbonyl (C=O) groups excluding carboxylic acids is 2. The van der Waals surface area contributed by atoms with E-state index in [2.05, 4.69) is 10.9 Å². The van der Waals surface area contributed by atoms with Crippen molar-refractivity contribution in [1.82, 2.24) is 10.9 Å². The molecule has 2 aromatic rings. The van der Waals surface area contributed by atoms with Gasteiger partial charge in [-0.2, -0.15) is 0 Å². The zero-order valence-corrected chi connectivity index (χ0v) is 13.7. The molecule has 0 unspecified atom stereocenters. The molecule has 23 heavy (non-hydrogen) atoms. The number of halogens is 1. The van der Waals surface area contributed by atoms with Crippen LogP contribution in [0.15, 0.2) is 59.5 Å². The molecule has 5 nitrogen and oxygen atoms in total. The fraction of sp³-hybridized carbons (Fsp3) is 0.125. The smallest absolute Gasteiger partial charge is 0.276 e. The van der Waals surface area contributed by atoms with Crippen LogP contribution in [0.4, 0.5) is 0 Å². The summed E-state index contributed by atoms with van der Waals surface area (Å²) < 4.78 is 5.26. The standard InChI is InChI=1S/C16H15ClN2O3S/c17-12-6-8-14(9-7-12)23-11-16(21)19-18-15(20)10-22-13-4-2-1-3-5-13/h1-9H,10-11H2,(H,18,20)(H,19,21). The zero-order valence-electron chi connectivity index (χ0n) is 12.1. The first-order chi connectivity index (χ1) is 11.1. The van der Waals surface area contributed by atoms with E-state index >= 15 is 0 Å². The molecule has 2 N–H and O–H groups in total. The Hall–Kier alpha value is -2.18. The summed E-state index contributed by atoms with van der Waals surface area (Å²) >= 11 is 7.13.